The van der Waals surface area contributed by atoms with Crippen molar-refractivity contribution >= 4 is 21.8 Å². The Morgan fingerprint density at radius 2 is 2.05 bits per heavy atom. The first-order valence-electron chi connectivity index (χ1n) is 6.88. The van der Waals surface area contributed by atoms with E-state index in [2.05, 4.69) is 25.8 Å². The molecule has 0 spiro atoms. The van der Waals surface area contributed by atoms with Crippen molar-refractivity contribution in [3.8, 4) is 0 Å². The van der Waals surface area contributed by atoms with Crippen molar-refractivity contribution in [3.05, 3.63) is 58.3 Å². The summed E-state index contributed by atoms with van der Waals surface area (Å²) in [6.45, 7) is 2.01. The second-order valence-corrected chi connectivity index (χ2v) is 6.20. The van der Waals surface area contributed by atoms with Gasteiger partial charge in [-0.2, -0.15) is 0 Å². The maximum absolute atomic E-state index is 12.4. The smallest absolute Gasteiger partial charge is 0.268 e. The molecule has 1 aromatic heterocycles. The predicted octanol–water partition coefficient (Wildman–Crippen LogP) is 4.08. The summed E-state index contributed by atoms with van der Waals surface area (Å²) in [6.07, 6.45) is 4.32. The monoisotopic (exact) mass is 332 g/mol. The van der Waals surface area contributed by atoms with Gasteiger partial charge in [-0.1, -0.05) is 30.3 Å². The van der Waals surface area contributed by atoms with E-state index in [-0.39, 0.29) is 11.9 Å². The van der Waals surface area contributed by atoms with Gasteiger partial charge < -0.3 is 9.88 Å². The summed E-state index contributed by atoms with van der Waals surface area (Å²) in [5.74, 6) is -0.0149. The highest BCUT2D eigenvalue weighted by Gasteiger charge is 2.28. The second kappa shape index (κ2) is 5.44. The molecule has 1 N–H and O–H groups in total. The van der Waals surface area contributed by atoms with E-state index >= 15 is 0 Å². The molecule has 4 heteroatoms. The van der Waals surface area contributed by atoms with E-state index in [0.717, 1.165) is 28.6 Å². The molecule has 104 valence electrons. The van der Waals surface area contributed by atoms with Crippen molar-refractivity contribution in [2.24, 2.45) is 0 Å². The fourth-order valence-corrected chi connectivity index (χ4v) is 2.82. The number of aromatic nitrogens is 1. The van der Waals surface area contributed by atoms with Crippen LogP contribution in [0.15, 0.2) is 47.1 Å². The minimum atomic E-state index is -0.0149. The Morgan fingerprint density at radius 3 is 2.70 bits per heavy atom. The fourth-order valence-electron chi connectivity index (χ4n) is 2.38. The van der Waals surface area contributed by atoms with Crippen LogP contribution in [-0.2, 0) is 0 Å². The molecule has 20 heavy (non-hydrogen) atoms. The first-order valence-corrected chi connectivity index (χ1v) is 7.67. The van der Waals surface area contributed by atoms with Crippen LogP contribution in [0.2, 0.25) is 0 Å². The molecule has 3 rings (SSSR count). The normalized spacial score (nSPS) is 15.9. The van der Waals surface area contributed by atoms with Crippen LogP contribution in [0.25, 0.3) is 0 Å². The van der Waals surface area contributed by atoms with Crippen molar-refractivity contribution in [1.29, 1.82) is 0 Å². The van der Waals surface area contributed by atoms with Gasteiger partial charge in [-0.3, -0.25) is 4.79 Å². The molecule has 0 bridgehead atoms. The van der Waals surface area contributed by atoms with Crippen molar-refractivity contribution in [2.75, 3.05) is 0 Å². The minimum absolute atomic E-state index is 0.00466. The van der Waals surface area contributed by atoms with Crippen LogP contribution in [-0.4, -0.2) is 10.5 Å². The summed E-state index contributed by atoms with van der Waals surface area (Å²) in [7, 11) is 0. The van der Waals surface area contributed by atoms with Crippen LogP contribution < -0.4 is 5.32 Å². The van der Waals surface area contributed by atoms with Crippen LogP contribution >= 0.6 is 15.9 Å². The first-order chi connectivity index (χ1) is 9.65. The number of rotatable bonds is 4. The van der Waals surface area contributed by atoms with Gasteiger partial charge >= 0.3 is 0 Å². The molecule has 0 saturated heterocycles. The van der Waals surface area contributed by atoms with Crippen LogP contribution in [0.1, 0.15) is 47.9 Å². The number of halogens is 1. The molecule has 1 aliphatic rings. The Morgan fingerprint density at radius 1 is 1.35 bits per heavy atom. The fraction of sp³-hybridized carbons (Fsp3) is 0.312. The Balaban J connectivity index is 1.76. The summed E-state index contributed by atoms with van der Waals surface area (Å²) < 4.78 is 3.04. The summed E-state index contributed by atoms with van der Waals surface area (Å²) in [5, 5.41) is 3.07. The molecular formula is C16H17BrN2O. The molecule has 1 aromatic carbocycles. The van der Waals surface area contributed by atoms with Gasteiger partial charge in [-0.15, -0.1) is 0 Å². The number of carbonyl (C=O) groups excluding carboxylic acids is 1. The van der Waals surface area contributed by atoms with Crippen LogP contribution in [0.5, 0.6) is 0 Å². The minimum Gasteiger partial charge on any atom is -0.344 e. The van der Waals surface area contributed by atoms with Crippen molar-refractivity contribution in [3.63, 3.8) is 0 Å². The zero-order valence-electron chi connectivity index (χ0n) is 11.3. The molecule has 0 aliphatic heterocycles. The molecule has 1 heterocycles. The highest BCUT2D eigenvalue weighted by Crippen LogP contribution is 2.37. The summed E-state index contributed by atoms with van der Waals surface area (Å²) in [4.78, 5) is 12.4. The van der Waals surface area contributed by atoms with E-state index in [9.17, 15) is 4.79 Å². The number of amides is 1. The summed E-state index contributed by atoms with van der Waals surface area (Å²) >= 11 is 3.46. The van der Waals surface area contributed by atoms with Gasteiger partial charge in [0.1, 0.15) is 5.69 Å². The third kappa shape index (κ3) is 2.80. The average Bonchev–Trinajstić information content (AvgIpc) is 3.22. The topological polar surface area (TPSA) is 34.0 Å². The van der Waals surface area contributed by atoms with E-state index < -0.39 is 0 Å². The van der Waals surface area contributed by atoms with Crippen LogP contribution in [0.3, 0.4) is 0 Å². The lowest BCUT2D eigenvalue weighted by Crippen LogP contribution is -2.28. The standard InChI is InChI=1S/C16H17BrN2O/c1-11(12-5-3-2-4-6-12)18-16(20)15-9-13(17)10-19(15)14-7-8-14/h2-6,9-11,14H,7-8H2,1H3,(H,18,20)/t11-/m0/s1. The molecule has 1 amide bonds. The number of hydrogen-bond acceptors (Lipinski definition) is 1. The highest BCUT2D eigenvalue weighted by atomic mass is 79.9. The van der Waals surface area contributed by atoms with Crippen molar-refractivity contribution in [2.45, 2.75) is 31.8 Å². The van der Waals surface area contributed by atoms with Gasteiger partial charge in [0.05, 0.1) is 6.04 Å². The Bertz CT molecular complexity index is 617. The predicted molar refractivity (Wildman–Crippen MR) is 82.7 cm³/mol. The van der Waals surface area contributed by atoms with E-state index in [0.29, 0.717) is 6.04 Å². The van der Waals surface area contributed by atoms with Gasteiger partial charge in [0.25, 0.3) is 5.91 Å². The molecule has 1 fully saturated rings. The number of benzene rings is 1. The second-order valence-electron chi connectivity index (χ2n) is 5.29. The Kier molecular flexibility index (Phi) is 3.66. The maximum atomic E-state index is 12.4. The van der Waals surface area contributed by atoms with Crippen molar-refractivity contribution in [1.82, 2.24) is 9.88 Å². The molecule has 1 atom stereocenters. The lowest BCUT2D eigenvalue weighted by Gasteiger charge is -2.15. The third-order valence-corrected chi connectivity index (χ3v) is 4.07. The summed E-state index contributed by atoms with van der Waals surface area (Å²) in [5.41, 5.74) is 1.85. The number of nitrogens with one attached hydrogen (secondary N) is 1. The van der Waals surface area contributed by atoms with Gasteiger partial charge in [-0.05, 0) is 47.3 Å². The quantitative estimate of drug-likeness (QED) is 0.899. The average molecular weight is 333 g/mol. The zero-order chi connectivity index (χ0) is 14.1. The molecule has 1 saturated carbocycles. The third-order valence-electron chi connectivity index (χ3n) is 3.64. The van der Waals surface area contributed by atoms with E-state index in [1.165, 1.54) is 0 Å². The van der Waals surface area contributed by atoms with Crippen molar-refractivity contribution < 1.29 is 4.79 Å². The SMILES string of the molecule is C[C@H](NC(=O)c1cc(Br)cn1C1CC1)c1ccccc1. The highest BCUT2D eigenvalue weighted by molar-refractivity contribution is 9.10. The van der Waals surface area contributed by atoms with Crippen LogP contribution in [0.4, 0.5) is 0 Å². The lowest BCUT2D eigenvalue weighted by atomic mass is 10.1. The Hall–Kier alpha value is -1.55. The van der Waals surface area contributed by atoms with E-state index in [4.69, 9.17) is 0 Å². The van der Waals surface area contributed by atoms with E-state index in [1.54, 1.807) is 0 Å². The number of hydrogen-bond donors (Lipinski definition) is 1. The molecule has 0 radical (unpaired) electrons. The van der Waals surface area contributed by atoms with E-state index in [1.807, 2.05) is 49.5 Å². The van der Waals surface area contributed by atoms with Crippen LogP contribution in [0, 0.1) is 0 Å². The number of nitrogens with zero attached hydrogens (tertiary/aromatic N) is 1. The van der Waals surface area contributed by atoms with Gasteiger partial charge in [0.2, 0.25) is 0 Å². The Labute approximate surface area is 127 Å². The first kappa shape index (κ1) is 13.4. The molecule has 3 nitrogen and oxygen atoms in total. The van der Waals surface area contributed by atoms with Gasteiger partial charge in [-0.25, -0.2) is 0 Å². The largest absolute Gasteiger partial charge is 0.344 e. The van der Waals surface area contributed by atoms with Gasteiger partial charge in [0.15, 0.2) is 0 Å². The maximum Gasteiger partial charge on any atom is 0.268 e. The molecule has 0 unspecified atom stereocenters. The number of carbonyl (C=O) groups is 1. The molecule has 1 aliphatic carbocycles. The lowest BCUT2D eigenvalue weighted by molar-refractivity contribution is 0.0930. The zero-order valence-corrected chi connectivity index (χ0v) is 12.9. The van der Waals surface area contributed by atoms with Gasteiger partial charge in [0, 0.05) is 16.7 Å². The molecular weight excluding hydrogens is 316 g/mol. The summed E-state index contributed by atoms with van der Waals surface area (Å²) in [6, 6.07) is 12.4. The molecule has 2 aromatic rings.